The maximum absolute atomic E-state index is 12.9. The van der Waals surface area contributed by atoms with Gasteiger partial charge in [0.25, 0.3) is 11.6 Å². The Morgan fingerprint density at radius 3 is 2.36 bits per heavy atom. The number of fused-ring (bicyclic) bond motifs is 1. The van der Waals surface area contributed by atoms with E-state index < -0.39 is 16.8 Å². The van der Waals surface area contributed by atoms with E-state index in [0.29, 0.717) is 5.69 Å². The molecule has 0 aliphatic carbocycles. The highest BCUT2D eigenvalue weighted by atomic mass is 16.6. The number of nitro benzene ring substituents is 1. The van der Waals surface area contributed by atoms with Crippen LogP contribution < -0.4 is 4.90 Å². The zero-order chi connectivity index (χ0) is 20.3. The Morgan fingerprint density at radius 2 is 1.68 bits per heavy atom. The van der Waals surface area contributed by atoms with Crippen LogP contribution in [0.5, 0.6) is 0 Å². The van der Waals surface area contributed by atoms with E-state index in [1.54, 1.807) is 20.0 Å². The number of esters is 1. The summed E-state index contributed by atoms with van der Waals surface area (Å²) in [7, 11) is 1.58. The molecular weight excluding hydrogens is 360 g/mol. The maximum Gasteiger partial charge on any atom is 0.338 e. The predicted molar refractivity (Wildman–Crippen MR) is 106 cm³/mol. The molecule has 7 heteroatoms. The lowest BCUT2D eigenvalue weighted by Gasteiger charge is -2.18. The molecule has 0 radical (unpaired) electrons. The Bertz CT molecular complexity index is 1080. The molecule has 0 aromatic heterocycles. The summed E-state index contributed by atoms with van der Waals surface area (Å²) in [4.78, 5) is 36.9. The van der Waals surface area contributed by atoms with Crippen molar-refractivity contribution in [3.63, 3.8) is 0 Å². The molecular formula is C21H18N2O5. The van der Waals surface area contributed by atoms with Gasteiger partial charge in [-0.1, -0.05) is 30.3 Å². The SMILES string of the molecule is CCOC(=O)c1cc(C(=O)N(C)c2ccc3ccccc3c2)cc([N+](=O)[O-])c1. The lowest BCUT2D eigenvalue weighted by Crippen LogP contribution is -2.26. The highest BCUT2D eigenvalue weighted by molar-refractivity contribution is 6.08. The highest BCUT2D eigenvalue weighted by Crippen LogP contribution is 2.24. The summed E-state index contributed by atoms with van der Waals surface area (Å²) in [5, 5.41) is 13.2. The van der Waals surface area contributed by atoms with Crippen molar-refractivity contribution in [3.05, 3.63) is 81.9 Å². The second kappa shape index (κ2) is 7.87. The van der Waals surface area contributed by atoms with Crippen molar-refractivity contribution in [2.75, 3.05) is 18.6 Å². The van der Waals surface area contributed by atoms with Gasteiger partial charge in [-0.15, -0.1) is 0 Å². The number of carbonyl (C=O) groups is 2. The van der Waals surface area contributed by atoms with Gasteiger partial charge < -0.3 is 9.64 Å². The van der Waals surface area contributed by atoms with E-state index in [4.69, 9.17) is 4.74 Å². The number of anilines is 1. The minimum absolute atomic E-state index is 0.0351. The van der Waals surface area contributed by atoms with Crippen LogP contribution in [-0.4, -0.2) is 30.5 Å². The van der Waals surface area contributed by atoms with Crippen LogP contribution in [0, 0.1) is 10.1 Å². The normalized spacial score (nSPS) is 10.5. The predicted octanol–water partition coefficient (Wildman–Crippen LogP) is 4.20. The molecule has 0 unspecified atom stereocenters. The topological polar surface area (TPSA) is 89.8 Å². The van der Waals surface area contributed by atoms with E-state index in [1.165, 1.54) is 11.0 Å². The third kappa shape index (κ3) is 3.83. The smallest absolute Gasteiger partial charge is 0.338 e. The Labute approximate surface area is 161 Å². The summed E-state index contributed by atoms with van der Waals surface area (Å²) in [5.74, 6) is -1.18. The Balaban J connectivity index is 1.99. The number of rotatable bonds is 5. The molecule has 0 saturated carbocycles. The molecule has 0 aliphatic heterocycles. The average Bonchev–Trinajstić information content (AvgIpc) is 2.72. The number of nitrogens with zero attached hydrogens (tertiary/aromatic N) is 2. The van der Waals surface area contributed by atoms with Gasteiger partial charge in [0.2, 0.25) is 0 Å². The second-order valence-electron chi connectivity index (χ2n) is 6.14. The lowest BCUT2D eigenvalue weighted by molar-refractivity contribution is -0.384. The molecule has 0 spiro atoms. The molecule has 0 saturated heterocycles. The van der Waals surface area contributed by atoms with Crippen molar-refractivity contribution in [3.8, 4) is 0 Å². The first-order valence-corrected chi connectivity index (χ1v) is 8.64. The third-order valence-corrected chi connectivity index (χ3v) is 4.31. The van der Waals surface area contributed by atoms with Crippen molar-refractivity contribution in [2.24, 2.45) is 0 Å². The van der Waals surface area contributed by atoms with Gasteiger partial charge in [-0.05, 0) is 35.9 Å². The molecule has 0 fully saturated rings. The molecule has 7 nitrogen and oxygen atoms in total. The summed E-state index contributed by atoms with van der Waals surface area (Å²) < 4.78 is 4.90. The maximum atomic E-state index is 12.9. The molecule has 3 aromatic carbocycles. The molecule has 0 N–H and O–H groups in total. The standard InChI is InChI=1S/C21H18N2O5/c1-3-28-21(25)17-10-16(12-19(13-17)23(26)27)20(24)22(2)18-9-8-14-6-4-5-7-15(14)11-18/h4-13H,3H2,1-2H3. The first-order chi connectivity index (χ1) is 13.4. The summed E-state index contributed by atoms with van der Waals surface area (Å²) in [6.07, 6.45) is 0. The summed E-state index contributed by atoms with van der Waals surface area (Å²) in [6.45, 7) is 1.76. The van der Waals surface area contributed by atoms with Gasteiger partial charge >= 0.3 is 5.97 Å². The lowest BCUT2D eigenvalue weighted by atomic mass is 10.1. The van der Waals surface area contributed by atoms with Crippen LogP contribution in [0.4, 0.5) is 11.4 Å². The van der Waals surface area contributed by atoms with E-state index in [2.05, 4.69) is 0 Å². The number of hydrogen-bond acceptors (Lipinski definition) is 5. The first-order valence-electron chi connectivity index (χ1n) is 8.64. The highest BCUT2D eigenvalue weighted by Gasteiger charge is 2.21. The Morgan fingerprint density at radius 1 is 1.00 bits per heavy atom. The average molecular weight is 378 g/mol. The van der Waals surface area contributed by atoms with E-state index >= 15 is 0 Å². The number of non-ortho nitro benzene ring substituents is 1. The fourth-order valence-electron chi connectivity index (χ4n) is 2.87. The fraction of sp³-hybridized carbons (Fsp3) is 0.143. The first kappa shape index (κ1) is 19.0. The zero-order valence-corrected chi connectivity index (χ0v) is 15.4. The molecule has 3 rings (SSSR count). The van der Waals surface area contributed by atoms with Gasteiger partial charge in [0.05, 0.1) is 17.1 Å². The number of amides is 1. The number of ether oxygens (including phenoxy) is 1. The Kier molecular flexibility index (Phi) is 5.35. The monoisotopic (exact) mass is 378 g/mol. The van der Waals surface area contributed by atoms with E-state index in [1.807, 2.05) is 36.4 Å². The van der Waals surface area contributed by atoms with Crippen molar-refractivity contribution in [1.29, 1.82) is 0 Å². The van der Waals surface area contributed by atoms with Gasteiger partial charge in [-0.3, -0.25) is 14.9 Å². The van der Waals surface area contributed by atoms with Crippen molar-refractivity contribution >= 4 is 34.0 Å². The van der Waals surface area contributed by atoms with E-state index in [9.17, 15) is 19.7 Å². The molecule has 28 heavy (non-hydrogen) atoms. The minimum atomic E-state index is -0.714. The van der Waals surface area contributed by atoms with Crippen LogP contribution in [0.25, 0.3) is 10.8 Å². The number of hydrogen-bond donors (Lipinski definition) is 0. The summed E-state index contributed by atoms with van der Waals surface area (Å²) in [6, 6.07) is 16.8. The molecule has 0 heterocycles. The van der Waals surface area contributed by atoms with Crippen LogP contribution in [0.3, 0.4) is 0 Å². The van der Waals surface area contributed by atoms with Crippen LogP contribution in [0.2, 0.25) is 0 Å². The van der Waals surface area contributed by atoms with Crippen molar-refractivity contribution in [2.45, 2.75) is 6.92 Å². The number of nitro groups is 1. The van der Waals surface area contributed by atoms with Crippen LogP contribution in [-0.2, 0) is 4.74 Å². The largest absolute Gasteiger partial charge is 0.462 e. The zero-order valence-electron chi connectivity index (χ0n) is 15.4. The molecule has 0 aliphatic rings. The molecule has 0 bridgehead atoms. The van der Waals surface area contributed by atoms with Crippen molar-refractivity contribution < 1.29 is 19.2 Å². The second-order valence-corrected chi connectivity index (χ2v) is 6.14. The molecule has 0 atom stereocenters. The number of carbonyl (C=O) groups excluding carboxylic acids is 2. The van der Waals surface area contributed by atoms with Crippen LogP contribution in [0.1, 0.15) is 27.6 Å². The molecule has 1 amide bonds. The number of benzene rings is 3. The summed E-state index contributed by atoms with van der Waals surface area (Å²) >= 11 is 0. The van der Waals surface area contributed by atoms with Gasteiger partial charge in [0, 0.05) is 30.4 Å². The van der Waals surface area contributed by atoms with Gasteiger partial charge in [-0.2, -0.15) is 0 Å². The molecule has 142 valence electrons. The molecule has 3 aromatic rings. The van der Waals surface area contributed by atoms with E-state index in [-0.39, 0.29) is 23.4 Å². The van der Waals surface area contributed by atoms with Gasteiger partial charge in [0.1, 0.15) is 0 Å². The fourth-order valence-corrected chi connectivity index (χ4v) is 2.87. The van der Waals surface area contributed by atoms with E-state index in [0.717, 1.165) is 22.9 Å². The van der Waals surface area contributed by atoms with Gasteiger partial charge in [0.15, 0.2) is 0 Å². The minimum Gasteiger partial charge on any atom is -0.462 e. The van der Waals surface area contributed by atoms with Crippen molar-refractivity contribution in [1.82, 2.24) is 0 Å². The quantitative estimate of drug-likeness (QED) is 0.377. The van der Waals surface area contributed by atoms with Gasteiger partial charge in [-0.25, -0.2) is 4.79 Å². The third-order valence-electron chi connectivity index (χ3n) is 4.31. The van der Waals surface area contributed by atoms with Crippen LogP contribution >= 0.6 is 0 Å². The Hall–Kier alpha value is -3.74. The van der Waals surface area contributed by atoms with Crippen LogP contribution in [0.15, 0.2) is 60.7 Å². The summed E-state index contributed by atoms with van der Waals surface area (Å²) in [5.41, 5.74) is 0.285.